The van der Waals surface area contributed by atoms with Crippen LogP contribution in [-0.2, 0) is 0 Å². The van der Waals surface area contributed by atoms with Gasteiger partial charge in [-0.2, -0.15) is 0 Å². The van der Waals surface area contributed by atoms with Gasteiger partial charge in [-0.3, -0.25) is 4.57 Å². The third-order valence-corrected chi connectivity index (χ3v) is 3.03. The fraction of sp³-hybridized carbons (Fsp3) is 0. The second-order valence-corrected chi connectivity index (χ2v) is 4.43. The number of nitrogens with zero attached hydrogens (tertiary/aromatic N) is 2. The van der Waals surface area contributed by atoms with E-state index in [9.17, 15) is 4.79 Å². The summed E-state index contributed by atoms with van der Waals surface area (Å²) in [5.41, 5.74) is 2.26. The van der Waals surface area contributed by atoms with E-state index in [-0.39, 0.29) is 5.69 Å². The maximum atomic E-state index is 11.9. The van der Waals surface area contributed by atoms with E-state index < -0.39 is 0 Å². The Kier molecular flexibility index (Phi) is 2.33. The number of hydrogen-bond donors (Lipinski definition) is 1. The highest BCUT2D eigenvalue weighted by Crippen LogP contribution is 2.15. The minimum absolute atomic E-state index is 0.157. The van der Waals surface area contributed by atoms with Gasteiger partial charge in [0.25, 0.3) is 0 Å². The molecule has 3 aromatic rings. The van der Waals surface area contributed by atoms with Crippen molar-refractivity contribution in [2.45, 2.75) is 0 Å². The molecule has 0 saturated heterocycles. The molecule has 0 amide bonds. The summed E-state index contributed by atoms with van der Waals surface area (Å²) in [7, 11) is 0. The van der Waals surface area contributed by atoms with Gasteiger partial charge >= 0.3 is 5.69 Å². The van der Waals surface area contributed by atoms with Crippen LogP contribution in [0.1, 0.15) is 0 Å². The van der Waals surface area contributed by atoms with E-state index >= 15 is 0 Å². The molecule has 84 valence electrons. The van der Waals surface area contributed by atoms with Crippen LogP contribution in [0.2, 0.25) is 0 Å². The number of fused-ring (bicyclic) bond motifs is 1. The number of benzene rings is 1. The standard InChI is InChI=1S/C12H8BrN3O/c13-11-6-5-8(7-14-11)16-10-4-2-1-3-9(10)15-12(16)17/h1-7H,(H,15,17). The Bertz CT molecular complexity index is 727. The smallest absolute Gasteiger partial charge is 0.305 e. The van der Waals surface area contributed by atoms with Crippen molar-refractivity contribution in [3.63, 3.8) is 0 Å². The summed E-state index contributed by atoms with van der Waals surface area (Å²) in [5.74, 6) is 0. The Morgan fingerprint density at radius 3 is 2.76 bits per heavy atom. The lowest BCUT2D eigenvalue weighted by Crippen LogP contribution is -2.14. The Hall–Kier alpha value is -1.88. The molecule has 0 radical (unpaired) electrons. The molecule has 1 N–H and O–H groups in total. The summed E-state index contributed by atoms with van der Waals surface area (Å²) in [6, 6.07) is 11.2. The molecule has 2 heterocycles. The van der Waals surface area contributed by atoms with Crippen LogP contribution in [0.15, 0.2) is 52.0 Å². The first-order valence-corrected chi connectivity index (χ1v) is 5.87. The van der Waals surface area contributed by atoms with Crippen molar-refractivity contribution < 1.29 is 0 Å². The Labute approximate surface area is 105 Å². The topological polar surface area (TPSA) is 50.7 Å². The molecule has 0 bridgehead atoms. The minimum Gasteiger partial charge on any atom is -0.305 e. The number of H-pyrrole nitrogens is 1. The van der Waals surface area contributed by atoms with Crippen molar-refractivity contribution >= 4 is 27.0 Å². The van der Waals surface area contributed by atoms with Gasteiger partial charge in [0, 0.05) is 0 Å². The summed E-state index contributed by atoms with van der Waals surface area (Å²) in [5, 5.41) is 0. The van der Waals surface area contributed by atoms with Crippen molar-refractivity contribution in [1.29, 1.82) is 0 Å². The lowest BCUT2D eigenvalue weighted by molar-refractivity contribution is 1.00. The Morgan fingerprint density at radius 2 is 2.00 bits per heavy atom. The van der Waals surface area contributed by atoms with Crippen LogP contribution in [-0.4, -0.2) is 14.5 Å². The third kappa shape index (κ3) is 1.68. The zero-order valence-electron chi connectivity index (χ0n) is 8.72. The Morgan fingerprint density at radius 1 is 1.18 bits per heavy atom. The van der Waals surface area contributed by atoms with Gasteiger partial charge < -0.3 is 4.98 Å². The normalized spacial score (nSPS) is 10.9. The zero-order valence-corrected chi connectivity index (χ0v) is 10.3. The van der Waals surface area contributed by atoms with Crippen molar-refractivity contribution in [3.8, 4) is 5.69 Å². The van der Waals surface area contributed by atoms with Crippen LogP contribution in [0, 0.1) is 0 Å². The van der Waals surface area contributed by atoms with Gasteiger partial charge in [-0.15, -0.1) is 0 Å². The summed E-state index contributed by atoms with van der Waals surface area (Å²) >= 11 is 3.27. The van der Waals surface area contributed by atoms with Gasteiger partial charge in [0.15, 0.2) is 0 Å². The molecule has 17 heavy (non-hydrogen) atoms. The first-order chi connectivity index (χ1) is 8.25. The van der Waals surface area contributed by atoms with E-state index in [1.165, 1.54) is 0 Å². The predicted molar refractivity (Wildman–Crippen MR) is 69.4 cm³/mol. The molecule has 2 aromatic heterocycles. The zero-order chi connectivity index (χ0) is 11.8. The summed E-state index contributed by atoms with van der Waals surface area (Å²) in [6.07, 6.45) is 1.66. The van der Waals surface area contributed by atoms with Crippen molar-refractivity contribution in [2.24, 2.45) is 0 Å². The van der Waals surface area contributed by atoms with Crippen molar-refractivity contribution in [1.82, 2.24) is 14.5 Å². The van der Waals surface area contributed by atoms with Gasteiger partial charge in [-0.05, 0) is 40.2 Å². The van der Waals surface area contributed by atoms with E-state index in [0.717, 1.165) is 21.3 Å². The first-order valence-electron chi connectivity index (χ1n) is 5.07. The number of halogens is 1. The molecule has 0 fully saturated rings. The summed E-state index contributed by atoms with van der Waals surface area (Å²) in [6.45, 7) is 0. The highest BCUT2D eigenvalue weighted by atomic mass is 79.9. The van der Waals surface area contributed by atoms with Gasteiger partial charge in [-0.1, -0.05) is 12.1 Å². The lowest BCUT2D eigenvalue weighted by atomic mass is 10.3. The SMILES string of the molecule is O=c1[nH]c2ccccc2n1-c1ccc(Br)nc1. The third-order valence-electron chi connectivity index (χ3n) is 2.56. The molecule has 3 rings (SSSR count). The first kappa shape index (κ1) is 10.3. The highest BCUT2D eigenvalue weighted by molar-refractivity contribution is 9.10. The molecule has 1 aromatic carbocycles. The maximum absolute atomic E-state index is 11.9. The fourth-order valence-corrected chi connectivity index (χ4v) is 2.05. The van der Waals surface area contributed by atoms with Crippen LogP contribution < -0.4 is 5.69 Å². The molecule has 0 unspecified atom stereocenters. The number of aromatic nitrogens is 3. The minimum atomic E-state index is -0.157. The molecular weight excluding hydrogens is 282 g/mol. The van der Waals surface area contributed by atoms with E-state index in [0.29, 0.717) is 0 Å². The molecule has 0 spiro atoms. The van der Waals surface area contributed by atoms with Crippen LogP contribution in [0.4, 0.5) is 0 Å². The molecule has 0 aliphatic heterocycles. The van der Waals surface area contributed by atoms with Crippen molar-refractivity contribution in [2.75, 3.05) is 0 Å². The highest BCUT2D eigenvalue weighted by Gasteiger charge is 2.07. The number of rotatable bonds is 1. The molecule has 0 aliphatic carbocycles. The van der Waals surface area contributed by atoms with Crippen LogP contribution in [0.25, 0.3) is 16.7 Å². The number of para-hydroxylation sites is 2. The van der Waals surface area contributed by atoms with Crippen LogP contribution in [0.5, 0.6) is 0 Å². The Balaban J connectivity index is 2.33. The predicted octanol–water partition coefficient (Wildman–Crippen LogP) is 2.48. The van der Waals surface area contributed by atoms with E-state index in [2.05, 4.69) is 25.9 Å². The molecule has 5 heteroatoms. The molecule has 0 aliphatic rings. The van der Waals surface area contributed by atoms with E-state index in [4.69, 9.17) is 0 Å². The monoisotopic (exact) mass is 289 g/mol. The van der Waals surface area contributed by atoms with Crippen molar-refractivity contribution in [3.05, 3.63) is 57.7 Å². The summed E-state index contributed by atoms with van der Waals surface area (Å²) < 4.78 is 2.35. The van der Waals surface area contributed by atoms with E-state index in [1.807, 2.05) is 36.4 Å². The van der Waals surface area contributed by atoms with Gasteiger partial charge in [0.2, 0.25) is 0 Å². The number of aromatic amines is 1. The largest absolute Gasteiger partial charge is 0.331 e. The second-order valence-electron chi connectivity index (χ2n) is 3.62. The number of hydrogen-bond acceptors (Lipinski definition) is 2. The number of imidazole rings is 1. The quantitative estimate of drug-likeness (QED) is 0.700. The molecule has 4 nitrogen and oxygen atoms in total. The van der Waals surface area contributed by atoms with Gasteiger partial charge in [-0.25, -0.2) is 9.78 Å². The number of nitrogens with one attached hydrogen (secondary N) is 1. The fourth-order valence-electron chi connectivity index (χ4n) is 1.81. The average Bonchev–Trinajstić information content (AvgIpc) is 2.66. The summed E-state index contributed by atoms with van der Waals surface area (Å²) in [4.78, 5) is 18.8. The second kappa shape index (κ2) is 3.85. The number of pyridine rings is 1. The molecular formula is C12H8BrN3O. The average molecular weight is 290 g/mol. The van der Waals surface area contributed by atoms with Gasteiger partial charge in [0.05, 0.1) is 22.9 Å². The molecule has 0 atom stereocenters. The maximum Gasteiger partial charge on any atom is 0.331 e. The van der Waals surface area contributed by atoms with Crippen LogP contribution in [0.3, 0.4) is 0 Å². The van der Waals surface area contributed by atoms with Crippen LogP contribution >= 0.6 is 15.9 Å². The lowest BCUT2D eigenvalue weighted by Gasteiger charge is -2.02. The van der Waals surface area contributed by atoms with E-state index in [1.54, 1.807) is 10.8 Å². The van der Waals surface area contributed by atoms with Gasteiger partial charge in [0.1, 0.15) is 4.60 Å². The molecule has 0 saturated carbocycles.